The molecule has 3 nitrogen and oxygen atoms in total. The lowest BCUT2D eigenvalue weighted by Crippen LogP contribution is -2.38. The maximum Gasteiger partial charge on any atom is 0.282 e. The van der Waals surface area contributed by atoms with Gasteiger partial charge in [-0.25, -0.2) is 0 Å². The van der Waals surface area contributed by atoms with E-state index < -0.39 is 5.97 Å². The van der Waals surface area contributed by atoms with Crippen LogP contribution in [0.3, 0.4) is 0 Å². The van der Waals surface area contributed by atoms with Gasteiger partial charge in [0.15, 0.2) is 0 Å². The van der Waals surface area contributed by atoms with Crippen LogP contribution in [0, 0.1) is 0 Å². The Balaban J connectivity index is 3.89. The first-order valence-corrected chi connectivity index (χ1v) is 8.57. The van der Waals surface area contributed by atoms with E-state index in [9.17, 15) is 0 Å². The molecule has 0 saturated carbocycles. The zero-order valence-corrected chi connectivity index (χ0v) is 14.2. The Labute approximate surface area is 126 Å². The van der Waals surface area contributed by atoms with Gasteiger partial charge in [0.25, 0.3) is 5.97 Å². The van der Waals surface area contributed by atoms with Crippen molar-refractivity contribution in [2.75, 3.05) is 20.3 Å². The van der Waals surface area contributed by atoms with Crippen LogP contribution < -0.4 is 0 Å². The van der Waals surface area contributed by atoms with Gasteiger partial charge in [-0.05, 0) is 19.8 Å². The fourth-order valence-electron chi connectivity index (χ4n) is 2.30. The molecule has 0 fully saturated rings. The molecule has 0 aromatic carbocycles. The normalized spacial score (nSPS) is 14.4. The van der Waals surface area contributed by atoms with Crippen LogP contribution >= 0.6 is 0 Å². The van der Waals surface area contributed by atoms with E-state index in [1.54, 1.807) is 7.11 Å². The van der Waals surface area contributed by atoms with Crippen LogP contribution in [0.4, 0.5) is 0 Å². The molecular formula is C17H36O3. The van der Waals surface area contributed by atoms with E-state index in [0.717, 1.165) is 25.7 Å². The van der Waals surface area contributed by atoms with Crippen LogP contribution in [0.15, 0.2) is 0 Å². The molecule has 20 heavy (non-hydrogen) atoms. The van der Waals surface area contributed by atoms with Crippen molar-refractivity contribution in [3.63, 3.8) is 0 Å². The highest BCUT2D eigenvalue weighted by molar-refractivity contribution is 4.59. The number of hydrogen-bond acceptors (Lipinski definition) is 3. The molecule has 0 aromatic rings. The average Bonchev–Trinajstić information content (AvgIpc) is 2.46. The quantitative estimate of drug-likeness (QED) is 0.303. The maximum atomic E-state index is 5.86. The molecule has 0 aliphatic rings. The highest BCUT2D eigenvalue weighted by Crippen LogP contribution is 2.23. The summed E-state index contributed by atoms with van der Waals surface area (Å²) in [7, 11) is 1.68. The smallest absolute Gasteiger partial charge is 0.282 e. The summed E-state index contributed by atoms with van der Waals surface area (Å²) < 4.78 is 17.1. The molecule has 0 N–H and O–H groups in total. The van der Waals surface area contributed by atoms with E-state index in [1.165, 1.54) is 38.5 Å². The molecule has 0 amide bonds. The van der Waals surface area contributed by atoms with E-state index in [4.69, 9.17) is 14.2 Å². The van der Waals surface area contributed by atoms with Gasteiger partial charge in [-0.2, -0.15) is 0 Å². The van der Waals surface area contributed by atoms with Gasteiger partial charge >= 0.3 is 0 Å². The summed E-state index contributed by atoms with van der Waals surface area (Å²) in [5.41, 5.74) is 0. The molecule has 0 spiro atoms. The van der Waals surface area contributed by atoms with Gasteiger partial charge in [0.2, 0.25) is 0 Å². The first kappa shape index (κ1) is 19.9. The van der Waals surface area contributed by atoms with Gasteiger partial charge < -0.3 is 14.2 Å². The lowest BCUT2D eigenvalue weighted by atomic mass is 10.1. The molecule has 0 aromatic heterocycles. The van der Waals surface area contributed by atoms with Crippen molar-refractivity contribution in [1.29, 1.82) is 0 Å². The standard InChI is InChI=1S/C17H36O3/c1-5-8-10-11-12-13-14-15-17(18-4,19-7-3)20-16-9-6-2/h5-16H2,1-4H3. The number of hydrogen-bond donors (Lipinski definition) is 0. The van der Waals surface area contributed by atoms with E-state index in [-0.39, 0.29) is 0 Å². The molecule has 3 heteroatoms. The monoisotopic (exact) mass is 288 g/mol. The summed E-state index contributed by atoms with van der Waals surface area (Å²) in [5.74, 6) is -0.812. The van der Waals surface area contributed by atoms with E-state index in [1.807, 2.05) is 6.92 Å². The fourth-order valence-corrected chi connectivity index (χ4v) is 2.30. The van der Waals surface area contributed by atoms with Gasteiger partial charge in [-0.1, -0.05) is 58.8 Å². The Bertz CT molecular complexity index is 197. The van der Waals surface area contributed by atoms with Gasteiger partial charge in [-0.15, -0.1) is 0 Å². The molecule has 0 radical (unpaired) electrons. The Morgan fingerprint density at radius 1 is 0.700 bits per heavy atom. The van der Waals surface area contributed by atoms with Crippen molar-refractivity contribution in [1.82, 2.24) is 0 Å². The molecule has 0 aliphatic carbocycles. The predicted octanol–water partition coefficient (Wildman–Crippen LogP) is 5.28. The number of rotatable bonds is 15. The third-order valence-corrected chi connectivity index (χ3v) is 3.58. The Kier molecular flexibility index (Phi) is 13.8. The van der Waals surface area contributed by atoms with Gasteiger partial charge in [0.05, 0.1) is 6.61 Å². The van der Waals surface area contributed by atoms with Crippen molar-refractivity contribution in [2.45, 2.75) is 91.0 Å². The third kappa shape index (κ3) is 9.73. The molecule has 122 valence electrons. The number of ether oxygens (including phenoxy) is 3. The lowest BCUT2D eigenvalue weighted by Gasteiger charge is -2.31. The SMILES string of the molecule is CCCCCCCCCC(OC)(OCC)OCCCC. The summed E-state index contributed by atoms with van der Waals surface area (Å²) in [4.78, 5) is 0. The van der Waals surface area contributed by atoms with E-state index >= 15 is 0 Å². The Hall–Kier alpha value is -0.120. The van der Waals surface area contributed by atoms with Crippen LogP contribution in [0.25, 0.3) is 0 Å². The van der Waals surface area contributed by atoms with Gasteiger partial charge in [-0.3, -0.25) is 0 Å². The van der Waals surface area contributed by atoms with Crippen molar-refractivity contribution < 1.29 is 14.2 Å². The largest absolute Gasteiger partial charge is 0.331 e. The fraction of sp³-hybridized carbons (Fsp3) is 1.00. The predicted molar refractivity (Wildman–Crippen MR) is 84.8 cm³/mol. The van der Waals surface area contributed by atoms with Gasteiger partial charge in [0, 0.05) is 20.1 Å². The minimum Gasteiger partial charge on any atom is -0.331 e. The molecule has 0 bridgehead atoms. The van der Waals surface area contributed by atoms with Gasteiger partial charge in [0.1, 0.15) is 0 Å². The molecule has 1 unspecified atom stereocenters. The minimum atomic E-state index is -0.812. The van der Waals surface area contributed by atoms with Crippen LogP contribution in [0.5, 0.6) is 0 Å². The second-order valence-electron chi connectivity index (χ2n) is 5.39. The van der Waals surface area contributed by atoms with Crippen LogP contribution in [0.2, 0.25) is 0 Å². The first-order chi connectivity index (χ1) is 9.74. The highest BCUT2D eigenvalue weighted by Gasteiger charge is 2.30. The highest BCUT2D eigenvalue weighted by atomic mass is 16.9. The third-order valence-electron chi connectivity index (χ3n) is 3.58. The number of unbranched alkanes of at least 4 members (excludes halogenated alkanes) is 7. The summed E-state index contributed by atoms with van der Waals surface area (Å²) in [5, 5.41) is 0. The van der Waals surface area contributed by atoms with E-state index in [0.29, 0.717) is 13.2 Å². The van der Waals surface area contributed by atoms with Crippen molar-refractivity contribution in [2.24, 2.45) is 0 Å². The van der Waals surface area contributed by atoms with Crippen LogP contribution in [-0.4, -0.2) is 26.3 Å². The second-order valence-corrected chi connectivity index (χ2v) is 5.39. The second kappa shape index (κ2) is 13.8. The summed E-state index contributed by atoms with van der Waals surface area (Å²) in [6.45, 7) is 7.73. The molecule has 0 rings (SSSR count). The van der Waals surface area contributed by atoms with E-state index in [2.05, 4.69) is 13.8 Å². The summed E-state index contributed by atoms with van der Waals surface area (Å²) in [6, 6.07) is 0. The molecule has 0 aliphatic heterocycles. The molecule has 1 atom stereocenters. The van der Waals surface area contributed by atoms with Crippen LogP contribution in [0.1, 0.15) is 85.0 Å². The maximum absolute atomic E-state index is 5.86. The van der Waals surface area contributed by atoms with Crippen LogP contribution in [-0.2, 0) is 14.2 Å². The molecule has 0 heterocycles. The average molecular weight is 288 g/mol. The first-order valence-electron chi connectivity index (χ1n) is 8.57. The van der Waals surface area contributed by atoms with Crippen molar-refractivity contribution in [3.8, 4) is 0 Å². The van der Waals surface area contributed by atoms with Crippen molar-refractivity contribution >= 4 is 0 Å². The Morgan fingerprint density at radius 3 is 1.85 bits per heavy atom. The van der Waals surface area contributed by atoms with Crippen molar-refractivity contribution in [3.05, 3.63) is 0 Å². The topological polar surface area (TPSA) is 27.7 Å². The zero-order chi connectivity index (χ0) is 15.1. The number of methoxy groups -OCH3 is 1. The summed E-state index contributed by atoms with van der Waals surface area (Å²) in [6.07, 6.45) is 12.0. The zero-order valence-electron chi connectivity index (χ0n) is 14.2. The molecule has 0 saturated heterocycles. The molecular weight excluding hydrogens is 252 g/mol. The minimum absolute atomic E-state index is 0.621. The summed E-state index contributed by atoms with van der Waals surface area (Å²) >= 11 is 0. The Morgan fingerprint density at radius 2 is 1.30 bits per heavy atom. The lowest BCUT2D eigenvalue weighted by molar-refractivity contribution is -0.373.